The number of rotatable bonds is 3. The highest BCUT2D eigenvalue weighted by molar-refractivity contribution is 5.76. The minimum Gasteiger partial charge on any atom is -0.354 e. The van der Waals surface area contributed by atoms with E-state index in [1.807, 2.05) is 30.6 Å². The lowest BCUT2D eigenvalue weighted by molar-refractivity contribution is 0.247. The van der Waals surface area contributed by atoms with Crippen LogP contribution in [0.3, 0.4) is 0 Å². The monoisotopic (exact) mass is 293 g/mol. The van der Waals surface area contributed by atoms with Gasteiger partial charge < -0.3 is 9.88 Å². The number of pyridine rings is 2. The molecule has 5 heteroatoms. The number of aromatic amines is 1. The maximum Gasteiger partial charge on any atom is 0.137 e. The molecule has 0 radical (unpaired) electrons. The van der Waals surface area contributed by atoms with E-state index in [1.165, 1.54) is 11.1 Å². The first-order valence-corrected chi connectivity index (χ1v) is 7.69. The summed E-state index contributed by atoms with van der Waals surface area (Å²) in [6.45, 7) is 5.11. The average molecular weight is 293 g/mol. The molecular weight excluding hydrogens is 274 g/mol. The highest BCUT2D eigenvalue weighted by atomic mass is 15.3. The van der Waals surface area contributed by atoms with Crippen LogP contribution in [0, 0.1) is 0 Å². The Kier molecular flexibility index (Phi) is 3.48. The topological polar surface area (TPSA) is 48.0 Å². The molecule has 1 aliphatic rings. The van der Waals surface area contributed by atoms with E-state index in [0.717, 1.165) is 44.2 Å². The molecule has 1 N–H and O–H groups in total. The predicted molar refractivity (Wildman–Crippen MR) is 87.8 cm³/mol. The quantitative estimate of drug-likeness (QED) is 0.805. The van der Waals surface area contributed by atoms with Crippen molar-refractivity contribution in [2.45, 2.75) is 6.54 Å². The van der Waals surface area contributed by atoms with Crippen molar-refractivity contribution in [3.8, 4) is 0 Å². The fourth-order valence-corrected chi connectivity index (χ4v) is 3.02. The zero-order valence-electron chi connectivity index (χ0n) is 12.4. The van der Waals surface area contributed by atoms with Crippen molar-refractivity contribution in [2.24, 2.45) is 0 Å². The SMILES string of the molecule is c1ccc(N2CCN(Cc3cc4cccnc4[nH]3)CC2)nc1. The number of H-pyrrole nitrogens is 1. The zero-order chi connectivity index (χ0) is 14.8. The van der Waals surface area contributed by atoms with Gasteiger partial charge in [-0.3, -0.25) is 4.90 Å². The average Bonchev–Trinajstić information content (AvgIpc) is 2.98. The van der Waals surface area contributed by atoms with Crippen LogP contribution >= 0.6 is 0 Å². The Balaban J connectivity index is 1.39. The van der Waals surface area contributed by atoms with Crippen molar-refractivity contribution >= 4 is 16.9 Å². The van der Waals surface area contributed by atoms with Crippen molar-refractivity contribution in [1.82, 2.24) is 19.9 Å². The van der Waals surface area contributed by atoms with Crippen LogP contribution in [0.25, 0.3) is 11.0 Å². The predicted octanol–water partition coefficient (Wildman–Crippen LogP) is 2.28. The lowest BCUT2D eigenvalue weighted by Gasteiger charge is -2.35. The van der Waals surface area contributed by atoms with Gasteiger partial charge in [0.15, 0.2) is 0 Å². The third kappa shape index (κ3) is 2.67. The van der Waals surface area contributed by atoms with Gasteiger partial charge in [-0.05, 0) is 30.3 Å². The number of aromatic nitrogens is 3. The Morgan fingerprint density at radius 2 is 1.82 bits per heavy atom. The summed E-state index contributed by atoms with van der Waals surface area (Å²) < 4.78 is 0. The number of hydrogen-bond donors (Lipinski definition) is 1. The van der Waals surface area contributed by atoms with Crippen LogP contribution in [-0.4, -0.2) is 46.0 Å². The second-order valence-electron chi connectivity index (χ2n) is 5.69. The van der Waals surface area contributed by atoms with E-state index >= 15 is 0 Å². The second-order valence-corrected chi connectivity index (χ2v) is 5.69. The van der Waals surface area contributed by atoms with Gasteiger partial charge in [-0.2, -0.15) is 0 Å². The summed E-state index contributed by atoms with van der Waals surface area (Å²) in [5.41, 5.74) is 2.21. The van der Waals surface area contributed by atoms with Gasteiger partial charge in [0.05, 0.1) is 0 Å². The lowest BCUT2D eigenvalue weighted by atomic mass is 10.2. The molecule has 1 aliphatic heterocycles. The Hall–Kier alpha value is -2.40. The standard InChI is InChI=1S/C17H19N5/c1-2-6-18-16(5-1)22-10-8-21(9-11-22)13-15-12-14-4-3-7-19-17(14)20-15/h1-7,12H,8-11,13H2,(H,19,20). The molecule has 0 atom stereocenters. The Morgan fingerprint density at radius 3 is 2.59 bits per heavy atom. The van der Waals surface area contributed by atoms with Gasteiger partial charge in [-0.15, -0.1) is 0 Å². The van der Waals surface area contributed by atoms with Crippen LogP contribution in [0.2, 0.25) is 0 Å². The number of nitrogens with one attached hydrogen (secondary N) is 1. The van der Waals surface area contributed by atoms with Crippen molar-refractivity contribution < 1.29 is 0 Å². The van der Waals surface area contributed by atoms with Gasteiger partial charge in [-0.25, -0.2) is 9.97 Å². The van der Waals surface area contributed by atoms with Crippen molar-refractivity contribution in [3.63, 3.8) is 0 Å². The van der Waals surface area contributed by atoms with E-state index in [9.17, 15) is 0 Å². The van der Waals surface area contributed by atoms with Crippen LogP contribution in [0.5, 0.6) is 0 Å². The molecule has 0 spiro atoms. The van der Waals surface area contributed by atoms with Gasteiger partial charge in [-0.1, -0.05) is 6.07 Å². The Labute approximate surface area is 129 Å². The second kappa shape index (κ2) is 5.77. The fourth-order valence-electron chi connectivity index (χ4n) is 3.02. The van der Waals surface area contributed by atoms with Crippen LogP contribution < -0.4 is 4.90 Å². The van der Waals surface area contributed by atoms with Crippen LogP contribution in [0.15, 0.2) is 48.8 Å². The maximum atomic E-state index is 4.43. The molecule has 3 aromatic rings. The molecule has 0 unspecified atom stereocenters. The Morgan fingerprint density at radius 1 is 0.955 bits per heavy atom. The molecule has 22 heavy (non-hydrogen) atoms. The van der Waals surface area contributed by atoms with E-state index < -0.39 is 0 Å². The largest absolute Gasteiger partial charge is 0.354 e. The van der Waals surface area contributed by atoms with E-state index in [0.29, 0.717) is 0 Å². The van der Waals surface area contributed by atoms with Crippen LogP contribution in [-0.2, 0) is 6.54 Å². The summed E-state index contributed by atoms with van der Waals surface area (Å²) in [6.07, 6.45) is 3.69. The zero-order valence-corrected chi connectivity index (χ0v) is 12.4. The number of nitrogens with zero attached hydrogens (tertiary/aromatic N) is 4. The van der Waals surface area contributed by atoms with Gasteiger partial charge in [0.1, 0.15) is 11.5 Å². The first-order valence-electron chi connectivity index (χ1n) is 7.69. The lowest BCUT2D eigenvalue weighted by Crippen LogP contribution is -2.46. The van der Waals surface area contributed by atoms with Crippen LogP contribution in [0.1, 0.15) is 5.69 Å². The smallest absolute Gasteiger partial charge is 0.137 e. The summed E-state index contributed by atoms with van der Waals surface area (Å²) >= 11 is 0. The van der Waals surface area contributed by atoms with E-state index in [1.54, 1.807) is 0 Å². The highest BCUT2D eigenvalue weighted by Gasteiger charge is 2.18. The molecule has 0 aliphatic carbocycles. The van der Waals surface area contributed by atoms with Gasteiger partial charge >= 0.3 is 0 Å². The van der Waals surface area contributed by atoms with Crippen molar-refractivity contribution in [1.29, 1.82) is 0 Å². The first kappa shape index (κ1) is 13.3. The number of piperazine rings is 1. The van der Waals surface area contributed by atoms with E-state index in [2.05, 4.69) is 43.0 Å². The summed E-state index contributed by atoms with van der Waals surface area (Å²) in [4.78, 5) is 17.0. The summed E-state index contributed by atoms with van der Waals surface area (Å²) in [5, 5.41) is 1.18. The molecule has 0 aromatic carbocycles. The highest BCUT2D eigenvalue weighted by Crippen LogP contribution is 2.16. The number of fused-ring (bicyclic) bond motifs is 1. The summed E-state index contributed by atoms with van der Waals surface area (Å²) in [7, 11) is 0. The van der Waals surface area contributed by atoms with E-state index in [4.69, 9.17) is 0 Å². The summed E-state index contributed by atoms with van der Waals surface area (Å²) in [5.74, 6) is 1.08. The van der Waals surface area contributed by atoms with Gasteiger partial charge in [0.2, 0.25) is 0 Å². The molecule has 0 bridgehead atoms. The first-order chi connectivity index (χ1) is 10.9. The van der Waals surface area contributed by atoms with Crippen LogP contribution in [0.4, 0.5) is 5.82 Å². The molecule has 1 saturated heterocycles. The third-order valence-electron chi connectivity index (χ3n) is 4.19. The van der Waals surface area contributed by atoms with Gasteiger partial charge in [0.25, 0.3) is 0 Å². The third-order valence-corrected chi connectivity index (χ3v) is 4.19. The molecule has 1 fully saturated rings. The molecular formula is C17H19N5. The molecule has 3 aromatic heterocycles. The summed E-state index contributed by atoms with van der Waals surface area (Å²) in [6, 6.07) is 12.4. The molecule has 4 rings (SSSR count). The fraction of sp³-hybridized carbons (Fsp3) is 0.294. The molecule has 0 amide bonds. The van der Waals surface area contributed by atoms with Gasteiger partial charge in [0, 0.05) is 56.2 Å². The van der Waals surface area contributed by atoms with Crippen molar-refractivity contribution in [3.05, 3.63) is 54.5 Å². The maximum absolute atomic E-state index is 4.43. The van der Waals surface area contributed by atoms with E-state index in [-0.39, 0.29) is 0 Å². The molecule has 4 heterocycles. The van der Waals surface area contributed by atoms with Crippen molar-refractivity contribution in [2.75, 3.05) is 31.1 Å². The molecule has 0 saturated carbocycles. The molecule has 112 valence electrons. The molecule has 5 nitrogen and oxygen atoms in total. The normalized spacial score (nSPS) is 16.3. The minimum atomic E-state index is 0.951. The number of hydrogen-bond acceptors (Lipinski definition) is 4. The Bertz CT molecular complexity index is 711. The number of anilines is 1. The minimum absolute atomic E-state index is 0.951.